The van der Waals surface area contributed by atoms with Gasteiger partial charge in [-0.3, -0.25) is 9.59 Å². The van der Waals surface area contributed by atoms with E-state index in [1.807, 2.05) is 19.9 Å². The molecule has 4 saturated carbocycles. The summed E-state index contributed by atoms with van der Waals surface area (Å²) in [6.07, 6.45) is -13.6. The van der Waals surface area contributed by atoms with Crippen LogP contribution in [0.3, 0.4) is 0 Å². The van der Waals surface area contributed by atoms with E-state index in [0.29, 0.717) is 12.3 Å². The van der Waals surface area contributed by atoms with Gasteiger partial charge in [0.15, 0.2) is 30.6 Å². The molecule has 4 aliphatic carbocycles. The number of hydrogen-bond donors (Lipinski definition) is 7. The monoisotopic (exact) mass is 997 g/mol. The van der Waals surface area contributed by atoms with Gasteiger partial charge in [0.1, 0.15) is 67.6 Å². The Morgan fingerprint density at radius 3 is 2.03 bits per heavy atom. The molecule has 19 nitrogen and oxygen atoms in total. The van der Waals surface area contributed by atoms with Gasteiger partial charge in [0.25, 0.3) is 0 Å². The topological polar surface area (TPSA) is 276 Å². The van der Waals surface area contributed by atoms with Gasteiger partial charge in [0.05, 0.1) is 18.8 Å². The predicted octanol–water partition coefficient (Wildman–Crippen LogP) is 2.33. The third-order valence-electron chi connectivity index (χ3n) is 19.1. The molecule has 0 aromatic rings. The number of aliphatic hydroxyl groups excluding tert-OH is 6. The lowest BCUT2D eigenvalue weighted by atomic mass is 9.35. The summed E-state index contributed by atoms with van der Waals surface area (Å²) < 4.78 is 54.3. The molecule has 24 atom stereocenters. The molecule has 8 fully saturated rings. The van der Waals surface area contributed by atoms with Crippen molar-refractivity contribution in [1.82, 2.24) is 0 Å². The second kappa shape index (κ2) is 19.7. The molecule has 398 valence electrons. The number of aliphatic hydroxyl groups is 7. The van der Waals surface area contributed by atoms with Crippen molar-refractivity contribution in [2.45, 2.75) is 231 Å². The number of rotatable bonds is 11. The molecule has 4 aliphatic heterocycles. The van der Waals surface area contributed by atoms with Crippen LogP contribution in [0.25, 0.3) is 0 Å². The van der Waals surface area contributed by atoms with E-state index in [2.05, 4.69) is 34.6 Å². The van der Waals surface area contributed by atoms with Crippen LogP contribution in [0, 0.1) is 45.3 Å². The number of allylic oxidation sites excluding steroid dienone is 1. The first-order valence-corrected chi connectivity index (χ1v) is 25.5. The van der Waals surface area contributed by atoms with E-state index in [4.69, 9.17) is 42.6 Å². The second-order valence-electron chi connectivity index (χ2n) is 23.7. The highest BCUT2D eigenvalue weighted by Gasteiger charge is 2.71. The zero-order valence-corrected chi connectivity index (χ0v) is 42.4. The van der Waals surface area contributed by atoms with Crippen molar-refractivity contribution >= 4 is 17.9 Å². The summed E-state index contributed by atoms with van der Waals surface area (Å²) >= 11 is 0. The second-order valence-corrected chi connectivity index (χ2v) is 23.7. The molecule has 70 heavy (non-hydrogen) atoms. The largest absolute Gasteiger partial charge is 0.463 e. The molecule has 4 heterocycles. The zero-order chi connectivity index (χ0) is 51.2. The van der Waals surface area contributed by atoms with Crippen molar-refractivity contribution < 1.29 is 92.8 Å². The van der Waals surface area contributed by atoms with E-state index in [9.17, 15) is 50.1 Å². The third-order valence-corrected chi connectivity index (χ3v) is 19.1. The standard InChI is InChI=1S/C51H80O19/c1-23(2)19-27-20-51(61,46(60)66-27)29-13-17-49(9)28(29)11-12-33-48(8)16-15-34(47(6,7)32(48)14-18-50(33,49)10)68-45-42(70-44-39(59)37(57)40(24(3)64-44)65-26(5)53)41(36(56)31(67-45)22-62-25(4)52)69-43-38(58)35(55)30(54)21-63-43/h19,24,27-45,54-59,61H,11-18,20-22H2,1-10H3/t24-,27-,28+,29-,30+,31+,32-,33+,34-,35-,36+,37-,38+,39+,40-,41-,42+,43-,44-,45-,48-,49+,50+,51+/m0/s1. The van der Waals surface area contributed by atoms with E-state index in [-0.39, 0.29) is 40.4 Å². The molecule has 0 spiro atoms. The van der Waals surface area contributed by atoms with Crippen molar-refractivity contribution in [3.63, 3.8) is 0 Å². The fourth-order valence-corrected chi connectivity index (χ4v) is 15.5. The van der Waals surface area contributed by atoms with Crippen LogP contribution in [-0.2, 0) is 57.0 Å². The fourth-order valence-electron chi connectivity index (χ4n) is 15.5. The number of esters is 3. The van der Waals surface area contributed by atoms with Crippen LogP contribution in [0.5, 0.6) is 0 Å². The Balaban J connectivity index is 1.07. The van der Waals surface area contributed by atoms with Crippen molar-refractivity contribution in [3.05, 3.63) is 11.6 Å². The Bertz CT molecular complexity index is 1960. The lowest BCUT2D eigenvalue weighted by molar-refractivity contribution is -0.395. The Kier molecular flexibility index (Phi) is 15.2. The normalized spacial score (nSPS) is 51.0. The minimum atomic E-state index is -1.81. The number of fused-ring (bicyclic) bond motifs is 5. The fraction of sp³-hybridized carbons (Fsp3) is 0.902. The van der Waals surface area contributed by atoms with Crippen LogP contribution in [0.1, 0.15) is 127 Å². The maximum Gasteiger partial charge on any atom is 0.339 e. The average molecular weight is 997 g/mol. The quantitative estimate of drug-likeness (QED) is 0.0677. The van der Waals surface area contributed by atoms with E-state index in [0.717, 1.165) is 57.4 Å². The van der Waals surface area contributed by atoms with Crippen LogP contribution < -0.4 is 0 Å². The highest BCUT2D eigenvalue weighted by molar-refractivity contribution is 5.82. The SMILES string of the molecule is CC(=O)OC[C@H]1O[C@@H](O[C@H]2CC[C@]3(C)[C@H]4CC[C@@H]5[C@@H]([C@]6(O)C[C@H](C=C(C)C)OC6=O)CC[C@@]5(C)[C@]4(C)CC[C@H]3C2(C)C)[C@H](O[C@@H]2O[C@@H](C)[C@H](OC(C)=O)[C@@H](O)[C@H]2O)[C@@H](O[C@@H]2OC[C@@H](O)[C@H](O)[C@H]2O)[C@@H]1O. The summed E-state index contributed by atoms with van der Waals surface area (Å²) in [5, 5.41) is 78.7. The van der Waals surface area contributed by atoms with E-state index in [1.54, 1.807) is 0 Å². The molecule has 0 amide bonds. The molecule has 19 heteroatoms. The first-order chi connectivity index (χ1) is 32.7. The third kappa shape index (κ3) is 9.20. The van der Waals surface area contributed by atoms with Crippen LogP contribution >= 0.6 is 0 Å². The highest BCUT2D eigenvalue weighted by atomic mass is 16.8. The van der Waals surface area contributed by atoms with Crippen molar-refractivity contribution in [3.8, 4) is 0 Å². The lowest BCUT2D eigenvalue weighted by Crippen LogP contribution is -2.68. The number of ether oxygens (including phenoxy) is 9. The summed E-state index contributed by atoms with van der Waals surface area (Å²) in [6.45, 7) is 18.5. The van der Waals surface area contributed by atoms with Crippen molar-refractivity contribution in [2.75, 3.05) is 13.2 Å². The summed E-state index contributed by atoms with van der Waals surface area (Å²) in [6, 6.07) is 0. The van der Waals surface area contributed by atoms with Gasteiger partial charge < -0.3 is 78.4 Å². The van der Waals surface area contributed by atoms with Gasteiger partial charge in [-0.25, -0.2) is 4.79 Å². The van der Waals surface area contributed by atoms with Crippen molar-refractivity contribution in [1.29, 1.82) is 0 Å². The van der Waals surface area contributed by atoms with Crippen LogP contribution in [0.4, 0.5) is 0 Å². The smallest absolute Gasteiger partial charge is 0.339 e. The van der Waals surface area contributed by atoms with Gasteiger partial charge in [-0.15, -0.1) is 0 Å². The summed E-state index contributed by atoms with van der Waals surface area (Å²) in [5.74, 6) is -1.47. The molecular weight excluding hydrogens is 917 g/mol. The summed E-state index contributed by atoms with van der Waals surface area (Å²) in [5.41, 5.74) is -1.39. The molecule has 8 rings (SSSR count). The van der Waals surface area contributed by atoms with Gasteiger partial charge in [-0.1, -0.05) is 40.2 Å². The Morgan fingerprint density at radius 1 is 0.686 bits per heavy atom. The highest BCUT2D eigenvalue weighted by Crippen LogP contribution is 2.76. The maximum atomic E-state index is 13.5. The Morgan fingerprint density at radius 2 is 1.36 bits per heavy atom. The summed E-state index contributed by atoms with van der Waals surface area (Å²) in [7, 11) is 0. The summed E-state index contributed by atoms with van der Waals surface area (Å²) in [4.78, 5) is 37.6. The zero-order valence-electron chi connectivity index (χ0n) is 42.4. The van der Waals surface area contributed by atoms with Crippen LogP contribution in [0.2, 0.25) is 0 Å². The number of carbonyl (C=O) groups excluding carboxylic acids is 3. The van der Waals surface area contributed by atoms with E-state index < -0.39 is 140 Å². The predicted molar refractivity (Wildman–Crippen MR) is 243 cm³/mol. The molecule has 0 aromatic heterocycles. The van der Waals surface area contributed by atoms with E-state index in [1.165, 1.54) is 13.8 Å². The molecular formula is C51H80O19. The molecule has 0 aromatic carbocycles. The van der Waals surface area contributed by atoms with Crippen molar-refractivity contribution in [2.24, 2.45) is 45.3 Å². The Hall–Kier alpha value is -2.37. The van der Waals surface area contributed by atoms with Crippen LogP contribution in [-0.4, -0.2) is 171 Å². The molecule has 0 bridgehead atoms. The Labute approximate surface area is 410 Å². The first-order valence-electron chi connectivity index (χ1n) is 25.5. The molecule has 4 saturated heterocycles. The van der Waals surface area contributed by atoms with Gasteiger partial charge in [0, 0.05) is 26.2 Å². The average Bonchev–Trinajstić information content (AvgIpc) is 3.78. The molecule has 7 N–H and O–H groups in total. The van der Waals surface area contributed by atoms with Gasteiger partial charge in [-0.05, 0) is 118 Å². The maximum absolute atomic E-state index is 13.5. The number of cyclic esters (lactones) is 1. The molecule has 0 radical (unpaired) electrons. The first kappa shape index (κ1) is 53.9. The molecule has 0 unspecified atom stereocenters. The van der Waals surface area contributed by atoms with Gasteiger partial charge >= 0.3 is 17.9 Å². The number of hydrogen-bond acceptors (Lipinski definition) is 19. The minimum absolute atomic E-state index is 0.0969. The minimum Gasteiger partial charge on any atom is -0.463 e. The molecule has 8 aliphatic rings. The van der Waals surface area contributed by atoms with Crippen LogP contribution in [0.15, 0.2) is 11.6 Å². The van der Waals surface area contributed by atoms with Gasteiger partial charge in [-0.2, -0.15) is 0 Å². The van der Waals surface area contributed by atoms with E-state index >= 15 is 0 Å². The number of carbonyl (C=O) groups is 3. The lowest BCUT2D eigenvalue weighted by Gasteiger charge is -2.70. The van der Waals surface area contributed by atoms with Gasteiger partial charge in [0.2, 0.25) is 0 Å².